The average molecular weight is 255 g/mol. The molecule has 0 fully saturated rings. The van der Waals surface area contributed by atoms with Crippen LogP contribution in [0.5, 0.6) is 0 Å². The van der Waals surface area contributed by atoms with Gasteiger partial charge in [0.1, 0.15) is 9.84 Å². The van der Waals surface area contributed by atoms with Crippen molar-refractivity contribution in [3.8, 4) is 0 Å². The fourth-order valence-electron chi connectivity index (χ4n) is 0.780. The fraction of sp³-hybridized carbons (Fsp3) is 1.00. The molecule has 0 aromatic rings. The number of hydrogen-bond acceptors (Lipinski definition) is 5. The van der Waals surface area contributed by atoms with E-state index in [1.165, 1.54) is 0 Å². The summed E-state index contributed by atoms with van der Waals surface area (Å²) in [4.78, 5) is 2.47. The van der Waals surface area contributed by atoms with E-state index >= 15 is 0 Å². The molecule has 0 aromatic carbocycles. The summed E-state index contributed by atoms with van der Waals surface area (Å²) in [5.74, 6) is -0.888. The van der Waals surface area contributed by atoms with Crippen molar-refractivity contribution in [2.45, 2.75) is 6.42 Å². The first-order chi connectivity index (χ1) is 6.77. The van der Waals surface area contributed by atoms with Crippen molar-refractivity contribution in [1.29, 1.82) is 0 Å². The van der Waals surface area contributed by atoms with Crippen LogP contribution < -0.4 is 0 Å². The van der Waals surface area contributed by atoms with Gasteiger partial charge in [-0.25, -0.2) is 16.8 Å². The molecule has 0 rings (SSSR count). The zero-order valence-corrected chi connectivity index (χ0v) is 9.96. The molecule has 15 heavy (non-hydrogen) atoms. The molecule has 0 radical (unpaired) electrons. The molecule has 88 valence electrons. The Balaban J connectivity index is 4.04. The largest absolute Gasteiger partial charge is 0.229 e. The molecule has 0 saturated carbocycles. The lowest BCUT2D eigenvalue weighted by Gasteiger charge is -2.01. The van der Waals surface area contributed by atoms with Crippen molar-refractivity contribution < 1.29 is 16.8 Å². The molecule has 0 aliphatic heterocycles. The molecular weight excluding hydrogens is 242 g/mol. The first kappa shape index (κ1) is 14.2. The van der Waals surface area contributed by atoms with E-state index in [4.69, 9.17) is 5.53 Å². The quantitative estimate of drug-likeness (QED) is 0.278. The Bertz CT molecular complexity index is 433. The van der Waals surface area contributed by atoms with Crippen LogP contribution in [0.25, 0.3) is 10.4 Å². The van der Waals surface area contributed by atoms with Gasteiger partial charge in [-0.2, -0.15) is 0 Å². The number of sulfone groups is 2. The molecule has 0 spiro atoms. The van der Waals surface area contributed by atoms with Gasteiger partial charge in [-0.05, 0) is 12.0 Å². The number of hydrogen-bond donors (Lipinski definition) is 0. The summed E-state index contributed by atoms with van der Waals surface area (Å²) in [6.45, 7) is 0.106. The predicted octanol–water partition coefficient (Wildman–Crippen LogP) is 0.146. The molecule has 0 aromatic heterocycles. The Kier molecular flexibility index (Phi) is 5.63. The van der Waals surface area contributed by atoms with Gasteiger partial charge in [0.2, 0.25) is 0 Å². The van der Waals surface area contributed by atoms with Crippen LogP contribution in [-0.4, -0.2) is 46.9 Å². The van der Waals surface area contributed by atoms with Crippen LogP contribution in [0.4, 0.5) is 0 Å². The molecule has 0 N–H and O–H groups in total. The number of nitrogens with zero attached hydrogens (tertiary/aromatic N) is 3. The van der Waals surface area contributed by atoms with Gasteiger partial charge in [0.25, 0.3) is 0 Å². The summed E-state index contributed by atoms with van der Waals surface area (Å²) in [6, 6.07) is 0. The van der Waals surface area contributed by atoms with Crippen LogP contribution in [0.15, 0.2) is 5.11 Å². The normalized spacial score (nSPS) is 12.1. The van der Waals surface area contributed by atoms with E-state index in [0.29, 0.717) is 0 Å². The summed E-state index contributed by atoms with van der Waals surface area (Å²) in [5.41, 5.74) is 7.94. The first-order valence-electron chi connectivity index (χ1n) is 4.16. The minimum Gasteiger partial charge on any atom is -0.229 e. The summed E-state index contributed by atoms with van der Waals surface area (Å²) in [7, 11) is -6.61. The van der Waals surface area contributed by atoms with E-state index in [1.54, 1.807) is 0 Å². The third-order valence-corrected chi connectivity index (χ3v) is 4.48. The van der Waals surface area contributed by atoms with Gasteiger partial charge in [-0.15, -0.1) is 0 Å². The summed E-state index contributed by atoms with van der Waals surface area (Å²) >= 11 is 0. The van der Waals surface area contributed by atoms with E-state index in [2.05, 4.69) is 10.0 Å². The van der Waals surface area contributed by atoms with Crippen LogP contribution in [0, 0.1) is 0 Å². The Morgan fingerprint density at radius 3 is 2.20 bits per heavy atom. The van der Waals surface area contributed by atoms with Crippen molar-refractivity contribution in [1.82, 2.24) is 0 Å². The minimum absolute atomic E-state index is 0.106. The van der Waals surface area contributed by atoms with Crippen molar-refractivity contribution in [2.75, 3.05) is 30.1 Å². The highest BCUT2D eigenvalue weighted by Gasteiger charge is 2.13. The zero-order chi connectivity index (χ0) is 11.9. The SMILES string of the molecule is CS(=O)(=O)CCS(=O)(=O)CCCN=[N+]=[N-]. The maximum Gasteiger partial charge on any atom is 0.151 e. The molecule has 0 heterocycles. The van der Waals surface area contributed by atoms with E-state index in [9.17, 15) is 16.8 Å². The van der Waals surface area contributed by atoms with Crippen molar-refractivity contribution in [3.05, 3.63) is 10.4 Å². The molecular formula is C6H13N3O4S2. The zero-order valence-electron chi connectivity index (χ0n) is 8.33. The van der Waals surface area contributed by atoms with Crippen LogP contribution in [0.1, 0.15) is 6.42 Å². The molecule has 0 unspecified atom stereocenters. The average Bonchev–Trinajstić information content (AvgIpc) is 2.09. The number of rotatable bonds is 7. The minimum atomic E-state index is -3.36. The van der Waals surface area contributed by atoms with Crippen LogP contribution >= 0.6 is 0 Å². The maximum absolute atomic E-state index is 11.2. The third-order valence-electron chi connectivity index (χ3n) is 1.54. The topological polar surface area (TPSA) is 117 Å². The van der Waals surface area contributed by atoms with Gasteiger partial charge in [0, 0.05) is 17.7 Å². The highest BCUT2D eigenvalue weighted by atomic mass is 32.2. The lowest BCUT2D eigenvalue weighted by molar-refractivity contribution is 0.588. The fourth-order valence-corrected chi connectivity index (χ4v) is 3.78. The molecule has 9 heteroatoms. The van der Waals surface area contributed by atoms with Gasteiger partial charge in [0.05, 0.1) is 17.3 Å². The van der Waals surface area contributed by atoms with E-state index in [-0.39, 0.29) is 30.2 Å². The molecule has 0 bridgehead atoms. The van der Waals surface area contributed by atoms with Crippen LogP contribution in [-0.2, 0) is 19.7 Å². The van der Waals surface area contributed by atoms with Crippen LogP contribution in [0.2, 0.25) is 0 Å². The maximum atomic E-state index is 11.2. The molecule has 7 nitrogen and oxygen atoms in total. The highest BCUT2D eigenvalue weighted by Crippen LogP contribution is 1.97. The van der Waals surface area contributed by atoms with Crippen molar-refractivity contribution >= 4 is 19.7 Å². The smallest absolute Gasteiger partial charge is 0.151 e. The van der Waals surface area contributed by atoms with Crippen molar-refractivity contribution in [3.63, 3.8) is 0 Å². The number of azide groups is 1. The molecule has 0 saturated heterocycles. The second kappa shape index (κ2) is 5.94. The lowest BCUT2D eigenvalue weighted by Crippen LogP contribution is -2.19. The monoisotopic (exact) mass is 255 g/mol. The van der Waals surface area contributed by atoms with Crippen LogP contribution in [0.3, 0.4) is 0 Å². The van der Waals surface area contributed by atoms with Gasteiger partial charge >= 0.3 is 0 Å². The molecule has 0 aliphatic carbocycles. The Hall–Kier alpha value is -0.790. The summed E-state index contributed by atoms with van der Waals surface area (Å²) in [6.07, 6.45) is 1.21. The van der Waals surface area contributed by atoms with Gasteiger partial charge < -0.3 is 0 Å². The van der Waals surface area contributed by atoms with Gasteiger partial charge in [-0.3, -0.25) is 0 Å². The second-order valence-corrected chi connectivity index (χ2v) is 7.65. The summed E-state index contributed by atoms with van der Waals surface area (Å²) in [5, 5.41) is 3.18. The highest BCUT2D eigenvalue weighted by molar-refractivity contribution is 7.94. The van der Waals surface area contributed by atoms with Gasteiger partial charge in [0.15, 0.2) is 9.84 Å². The Labute approximate surface area is 88.9 Å². The van der Waals surface area contributed by atoms with Crippen molar-refractivity contribution in [2.24, 2.45) is 5.11 Å². The molecule has 0 amide bonds. The Morgan fingerprint density at radius 2 is 1.73 bits per heavy atom. The molecule has 0 atom stereocenters. The first-order valence-corrected chi connectivity index (χ1v) is 8.04. The van der Waals surface area contributed by atoms with E-state index in [0.717, 1.165) is 6.26 Å². The van der Waals surface area contributed by atoms with Gasteiger partial charge in [-0.1, -0.05) is 5.11 Å². The van der Waals surface area contributed by atoms with E-state index in [1.807, 2.05) is 0 Å². The third kappa shape index (κ3) is 9.51. The predicted molar refractivity (Wildman–Crippen MR) is 57.0 cm³/mol. The standard InChI is InChI=1S/C6H13N3O4S2/c1-14(10,11)5-6-15(12,13)4-2-3-8-9-7/h2-6H2,1H3. The van der Waals surface area contributed by atoms with E-state index < -0.39 is 19.7 Å². The lowest BCUT2D eigenvalue weighted by atomic mass is 10.5. The second-order valence-electron chi connectivity index (χ2n) is 3.09. The summed E-state index contributed by atoms with van der Waals surface area (Å²) < 4.78 is 43.9. The Morgan fingerprint density at radius 1 is 1.13 bits per heavy atom. The molecule has 0 aliphatic rings.